The van der Waals surface area contributed by atoms with E-state index in [0.717, 1.165) is 45.1 Å². The Balaban J connectivity index is 0.942. The maximum Gasteiger partial charge on any atom is 0.187 e. The van der Waals surface area contributed by atoms with Gasteiger partial charge in [0.2, 0.25) is 0 Å². The molecule has 0 unspecified atom stereocenters. The van der Waals surface area contributed by atoms with Gasteiger partial charge in [-0.3, -0.25) is 0 Å². The van der Waals surface area contributed by atoms with Gasteiger partial charge in [0.25, 0.3) is 0 Å². The van der Waals surface area contributed by atoms with E-state index in [2.05, 4.69) is 27.7 Å². The molecule has 0 radical (unpaired) electrons. The highest BCUT2D eigenvalue weighted by Crippen LogP contribution is 2.71. The first-order chi connectivity index (χ1) is 24.7. The Hall–Kier alpha value is -0.520. The zero-order valence-corrected chi connectivity index (χ0v) is 31.2. The molecule has 0 aromatic rings. The van der Waals surface area contributed by atoms with Crippen LogP contribution in [-0.2, 0) is 28.4 Å². The number of hydrogen-bond donors (Lipinski definition) is 7. The quantitative estimate of drug-likeness (QED) is 0.194. The molecule has 8 fully saturated rings. The molecule has 298 valence electrons. The van der Waals surface area contributed by atoms with E-state index < -0.39 is 80.4 Å². The number of rotatable bonds is 6. The van der Waals surface area contributed by atoms with Crippen molar-refractivity contribution < 1.29 is 64.2 Å². The monoisotopic (exact) mass is 740 g/mol. The summed E-state index contributed by atoms with van der Waals surface area (Å²) >= 11 is 0. The number of aliphatic hydroxyl groups excluding tert-OH is 7. The van der Waals surface area contributed by atoms with Crippen LogP contribution in [0.4, 0.5) is 0 Å². The molecule has 7 N–H and O–H groups in total. The van der Waals surface area contributed by atoms with Crippen LogP contribution in [0.15, 0.2) is 0 Å². The van der Waals surface area contributed by atoms with E-state index in [0.29, 0.717) is 41.4 Å². The third kappa shape index (κ3) is 5.98. The zero-order chi connectivity index (χ0) is 36.9. The Morgan fingerprint density at radius 3 is 2.06 bits per heavy atom. The molecule has 1 spiro atoms. The van der Waals surface area contributed by atoms with Gasteiger partial charge < -0.3 is 64.2 Å². The minimum absolute atomic E-state index is 0.168. The SMILES string of the molecule is C[C@@H]1CC[C@@]2(OC1)O[C@H]1C[C@H]3[C@@H]4CC[C@H]5C[C@@H](O[C@@H]6O[C@H](CO)[C@H](O)[C@H](O)[C@H]6O[C@@H]6O[C@H](CO)[C@@H](O)[C@H](O)[C@H]6O)CC[C@]5(C)[C@H]4CC[C@]3(C)[C@H]1[C@@H]2C. The van der Waals surface area contributed by atoms with E-state index in [1.165, 1.54) is 25.7 Å². The van der Waals surface area contributed by atoms with Crippen LogP contribution in [-0.4, -0.2) is 135 Å². The Kier molecular flexibility index (Phi) is 10.4. The molecule has 4 saturated heterocycles. The highest BCUT2D eigenvalue weighted by atomic mass is 16.8. The lowest BCUT2D eigenvalue weighted by Gasteiger charge is -2.61. The van der Waals surface area contributed by atoms with Gasteiger partial charge in [-0.2, -0.15) is 0 Å². The van der Waals surface area contributed by atoms with Crippen LogP contribution < -0.4 is 0 Å². The van der Waals surface area contributed by atoms with Crippen LogP contribution in [0.25, 0.3) is 0 Å². The third-order valence-electron chi connectivity index (χ3n) is 16.2. The molecule has 0 aromatic heterocycles. The summed E-state index contributed by atoms with van der Waals surface area (Å²) in [5.74, 6) is 3.51. The molecule has 13 heteroatoms. The maximum atomic E-state index is 11.1. The molecule has 22 atom stereocenters. The fourth-order valence-electron chi connectivity index (χ4n) is 13.2. The Bertz CT molecular complexity index is 1260. The maximum absolute atomic E-state index is 11.1. The van der Waals surface area contributed by atoms with Gasteiger partial charge in [-0.1, -0.05) is 27.7 Å². The number of fused-ring (bicyclic) bond motifs is 7. The van der Waals surface area contributed by atoms with Gasteiger partial charge in [-0.05, 0) is 104 Å². The average Bonchev–Trinajstić information content (AvgIpc) is 3.58. The summed E-state index contributed by atoms with van der Waals surface area (Å²) in [7, 11) is 0. The van der Waals surface area contributed by atoms with Crippen LogP contribution in [0.2, 0.25) is 0 Å². The highest BCUT2D eigenvalue weighted by Gasteiger charge is 2.69. The second-order valence-electron chi connectivity index (χ2n) is 18.7. The first-order valence-corrected chi connectivity index (χ1v) is 20.3. The summed E-state index contributed by atoms with van der Waals surface area (Å²) in [6, 6.07) is 0. The first kappa shape index (κ1) is 38.4. The second-order valence-corrected chi connectivity index (χ2v) is 18.7. The first-order valence-electron chi connectivity index (χ1n) is 20.3. The van der Waals surface area contributed by atoms with Crippen molar-refractivity contribution in [3.05, 3.63) is 0 Å². The van der Waals surface area contributed by atoms with Crippen LogP contribution in [0.5, 0.6) is 0 Å². The van der Waals surface area contributed by atoms with Gasteiger partial charge in [-0.15, -0.1) is 0 Å². The van der Waals surface area contributed by atoms with Gasteiger partial charge in [-0.25, -0.2) is 0 Å². The molecular formula is C39H64O13. The minimum Gasteiger partial charge on any atom is -0.394 e. The van der Waals surface area contributed by atoms with Gasteiger partial charge >= 0.3 is 0 Å². The summed E-state index contributed by atoms with van der Waals surface area (Å²) in [6.07, 6.45) is -3.88. The normalized spacial score (nSPS) is 59.0. The molecule has 4 aliphatic carbocycles. The van der Waals surface area contributed by atoms with Crippen molar-refractivity contribution in [3.63, 3.8) is 0 Å². The summed E-state index contributed by atoms with van der Waals surface area (Å²) < 4.78 is 37.5. The fourth-order valence-corrected chi connectivity index (χ4v) is 13.2. The molecule has 0 bridgehead atoms. The fraction of sp³-hybridized carbons (Fsp3) is 1.00. The molecule has 8 aliphatic rings. The summed E-state index contributed by atoms with van der Waals surface area (Å²) in [4.78, 5) is 0. The van der Waals surface area contributed by atoms with Crippen LogP contribution >= 0.6 is 0 Å². The zero-order valence-electron chi connectivity index (χ0n) is 31.2. The van der Waals surface area contributed by atoms with Gasteiger partial charge in [0.05, 0.1) is 32.0 Å². The minimum atomic E-state index is -1.71. The number of hydrogen-bond acceptors (Lipinski definition) is 13. The smallest absolute Gasteiger partial charge is 0.187 e. The van der Waals surface area contributed by atoms with Crippen molar-refractivity contribution in [2.24, 2.45) is 52.3 Å². The third-order valence-corrected chi connectivity index (χ3v) is 16.2. The van der Waals surface area contributed by atoms with Gasteiger partial charge in [0, 0.05) is 12.3 Å². The molecule has 0 amide bonds. The van der Waals surface area contributed by atoms with Gasteiger partial charge in [0.1, 0.15) is 48.8 Å². The van der Waals surface area contributed by atoms with Crippen molar-refractivity contribution in [2.75, 3.05) is 19.8 Å². The standard InChI is InChI=1S/C39H64O13/c1-18-7-12-39(47-17-18)19(2)28-25(52-39)14-24-22-6-5-20-13-21(8-10-37(20,3)23(22)9-11-38(24,28)4)48-36-34(32(45)30(43)27(16-41)50-36)51-35-33(46)31(44)29(42)26(15-40)49-35/h18-36,40-46H,5-17H2,1-4H3/t18-,19+,20+,21+,22-,23+,24+,25+,26-,27-,28+,29-,30+,31+,32+,33-,34-,35+,36-,37+,38+,39-/m1/s1. The largest absolute Gasteiger partial charge is 0.394 e. The van der Waals surface area contributed by atoms with Crippen molar-refractivity contribution in [1.29, 1.82) is 0 Å². The highest BCUT2D eigenvalue weighted by molar-refractivity contribution is 5.15. The second kappa shape index (κ2) is 14.1. The molecule has 4 aliphatic heterocycles. The lowest BCUT2D eigenvalue weighted by molar-refractivity contribution is -0.373. The summed E-state index contributed by atoms with van der Waals surface area (Å²) in [5, 5.41) is 72.7. The lowest BCUT2D eigenvalue weighted by atomic mass is 9.44. The van der Waals surface area contributed by atoms with Crippen molar-refractivity contribution in [2.45, 2.75) is 171 Å². The number of aliphatic hydroxyl groups is 7. The van der Waals surface area contributed by atoms with E-state index in [1.54, 1.807) is 0 Å². The van der Waals surface area contributed by atoms with Crippen molar-refractivity contribution in [1.82, 2.24) is 0 Å². The van der Waals surface area contributed by atoms with Crippen molar-refractivity contribution >= 4 is 0 Å². The van der Waals surface area contributed by atoms with Crippen molar-refractivity contribution in [3.8, 4) is 0 Å². The molecule has 8 rings (SSSR count). The Morgan fingerprint density at radius 2 is 1.37 bits per heavy atom. The predicted octanol–water partition coefficient (Wildman–Crippen LogP) is 1.44. The molecule has 0 aromatic carbocycles. The molecule has 13 nitrogen and oxygen atoms in total. The Labute approximate surface area is 307 Å². The van der Waals surface area contributed by atoms with Crippen LogP contribution in [0, 0.1) is 52.3 Å². The van der Waals surface area contributed by atoms with Gasteiger partial charge in [0.15, 0.2) is 18.4 Å². The summed E-state index contributed by atoms with van der Waals surface area (Å²) in [6.45, 7) is 9.33. The van der Waals surface area contributed by atoms with E-state index in [-0.39, 0.29) is 23.0 Å². The van der Waals surface area contributed by atoms with Crippen LogP contribution in [0.1, 0.15) is 91.9 Å². The average molecular weight is 741 g/mol. The lowest BCUT2D eigenvalue weighted by Crippen LogP contribution is -2.65. The van der Waals surface area contributed by atoms with Crippen LogP contribution in [0.3, 0.4) is 0 Å². The van der Waals surface area contributed by atoms with E-state index in [9.17, 15) is 35.7 Å². The summed E-state index contributed by atoms with van der Waals surface area (Å²) in [5.41, 5.74) is 0.425. The molecular weight excluding hydrogens is 676 g/mol. The molecule has 52 heavy (non-hydrogen) atoms. The molecule has 4 saturated carbocycles. The predicted molar refractivity (Wildman–Crippen MR) is 183 cm³/mol. The van der Waals surface area contributed by atoms with E-state index >= 15 is 0 Å². The topological polar surface area (TPSA) is 197 Å². The van der Waals surface area contributed by atoms with E-state index in [4.69, 9.17) is 28.4 Å². The van der Waals surface area contributed by atoms with E-state index in [1.807, 2.05) is 0 Å². The number of ether oxygens (including phenoxy) is 6. The Morgan fingerprint density at radius 1 is 0.673 bits per heavy atom. The molecule has 4 heterocycles.